The summed E-state index contributed by atoms with van der Waals surface area (Å²) in [4.78, 5) is 47.2. The smallest absolute Gasteiger partial charge is 0.249 e. The first kappa shape index (κ1) is 20.4. The Morgan fingerprint density at radius 1 is 1.32 bits per heavy atom. The highest BCUT2D eigenvalue weighted by Crippen LogP contribution is 2.16. The van der Waals surface area contributed by atoms with Gasteiger partial charge in [0.25, 0.3) is 0 Å². The fourth-order valence-electron chi connectivity index (χ4n) is 2.11. The predicted molar refractivity (Wildman–Crippen MR) is 95.1 cm³/mol. The number of carbonyl (C=O) groups excluding carboxylic acids is 4. The van der Waals surface area contributed by atoms with Crippen molar-refractivity contribution in [3.05, 3.63) is 41.1 Å². The number of benzene rings is 1. The summed E-state index contributed by atoms with van der Waals surface area (Å²) in [6.45, 7) is 0. The summed E-state index contributed by atoms with van der Waals surface area (Å²) in [7, 11) is 2.88. The highest BCUT2D eigenvalue weighted by molar-refractivity contribution is 6.30. The van der Waals surface area contributed by atoms with Crippen LogP contribution in [0.2, 0.25) is 5.02 Å². The minimum Gasteiger partial charge on any atom is -0.357 e. The lowest BCUT2D eigenvalue weighted by atomic mass is 10.1. The molecule has 2 amide bonds. The standard InChI is InChI=1S/C17H20ClN3O4/c1-19-17(25)15(7-4-8-22)21(2)16(24)10-14(11-23)20-13-6-3-5-12(18)9-13/h3,5-6,8-11,15,20H,4,7H2,1-2H3,(H,19,25)/b14-10+. The van der Waals surface area contributed by atoms with E-state index in [-0.39, 0.29) is 24.4 Å². The van der Waals surface area contributed by atoms with Crippen molar-refractivity contribution >= 4 is 41.7 Å². The first-order chi connectivity index (χ1) is 11.9. The minimum atomic E-state index is -0.807. The number of carbonyl (C=O) groups is 4. The number of likely N-dealkylation sites (N-methyl/N-ethyl adjacent to an activating group) is 2. The van der Waals surface area contributed by atoms with E-state index in [1.807, 2.05) is 0 Å². The molecule has 134 valence electrons. The summed E-state index contributed by atoms with van der Waals surface area (Å²) in [6, 6.07) is 5.86. The molecule has 0 spiro atoms. The third-order valence-electron chi connectivity index (χ3n) is 3.44. The highest BCUT2D eigenvalue weighted by atomic mass is 35.5. The Morgan fingerprint density at radius 2 is 2.04 bits per heavy atom. The van der Waals surface area contributed by atoms with Gasteiger partial charge in [0.2, 0.25) is 11.8 Å². The second kappa shape index (κ2) is 10.2. The summed E-state index contributed by atoms with van der Waals surface area (Å²) in [5, 5.41) is 5.72. The molecule has 0 aliphatic carbocycles. The van der Waals surface area contributed by atoms with Gasteiger partial charge in [-0.1, -0.05) is 17.7 Å². The number of halogens is 1. The van der Waals surface area contributed by atoms with Crippen LogP contribution in [-0.4, -0.2) is 49.4 Å². The van der Waals surface area contributed by atoms with Crippen molar-refractivity contribution in [3.63, 3.8) is 0 Å². The molecule has 1 atom stereocenters. The molecule has 0 radical (unpaired) electrons. The average Bonchev–Trinajstić information content (AvgIpc) is 2.60. The number of allylic oxidation sites excluding steroid dienone is 1. The van der Waals surface area contributed by atoms with Crippen LogP contribution in [0.3, 0.4) is 0 Å². The number of amides is 2. The van der Waals surface area contributed by atoms with E-state index in [2.05, 4.69) is 10.6 Å². The molecule has 1 aromatic rings. The molecule has 0 fully saturated rings. The number of nitrogens with zero attached hydrogens (tertiary/aromatic N) is 1. The van der Waals surface area contributed by atoms with Crippen molar-refractivity contribution in [2.24, 2.45) is 0 Å². The van der Waals surface area contributed by atoms with E-state index in [0.717, 1.165) is 6.08 Å². The fraction of sp³-hybridized carbons (Fsp3) is 0.294. The number of hydrogen-bond donors (Lipinski definition) is 2. The summed E-state index contributed by atoms with van der Waals surface area (Å²) in [5.74, 6) is -0.933. The third-order valence-corrected chi connectivity index (χ3v) is 3.68. The van der Waals surface area contributed by atoms with Crippen LogP contribution in [0.4, 0.5) is 5.69 Å². The number of aldehydes is 2. The van der Waals surface area contributed by atoms with Gasteiger partial charge in [-0.05, 0) is 24.6 Å². The quantitative estimate of drug-likeness (QED) is 0.509. The molecule has 2 N–H and O–H groups in total. The van der Waals surface area contributed by atoms with Gasteiger partial charge in [-0.3, -0.25) is 14.4 Å². The average molecular weight is 366 g/mol. The van der Waals surface area contributed by atoms with Crippen molar-refractivity contribution in [3.8, 4) is 0 Å². The van der Waals surface area contributed by atoms with Crippen LogP contribution in [0, 0.1) is 0 Å². The molecular formula is C17H20ClN3O4. The van der Waals surface area contributed by atoms with E-state index in [0.29, 0.717) is 23.3 Å². The van der Waals surface area contributed by atoms with Crippen LogP contribution in [0.1, 0.15) is 12.8 Å². The maximum atomic E-state index is 12.4. The van der Waals surface area contributed by atoms with Gasteiger partial charge in [-0.15, -0.1) is 0 Å². The molecule has 0 aromatic heterocycles. The molecule has 1 aromatic carbocycles. The first-order valence-electron chi connectivity index (χ1n) is 7.54. The lowest BCUT2D eigenvalue weighted by Gasteiger charge is -2.25. The zero-order chi connectivity index (χ0) is 18.8. The Hall–Kier alpha value is -2.67. The molecule has 0 saturated carbocycles. The SMILES string of the molecule is CNC(=O)C(CCC=O)N(C)C(=O)/C=C(\C=O)Nc1cccc(Cl)c1. The maximum Gasteiger partial charge on any atom is 0.249 e. The van der Waals surface area contributed by atoms with Gasteiger partial charge in [0.1, 0.15) is 12.3 Å². The molecule has 0 saturated heterocycles. The molecule has 0 aliphatic heterocycles. The topological polar surface area (TPSA) is 95.6 Å². The summed E-state index contributed by atoms with van der Waals surface area (Å²) in [6.07, 6.45) is 2.59. The second-order valence-electron chi connectivity index (χ2n) is 5.18. The van der Waals surface area contributed by atoms with E-state index in [9.17, 15) is 19.2 Å². The van der Waals surface area contributed by atoms with Gasteiger partial charge in [0.05, 0.1) is 5.70 Å². The zero-order valence-electron chi connectivity index (χ0n) is 14.0. The molecule has 1 rings (SSSR count). The summed E-state index contributed by atoms with van der Waals surface area (Å²) >= 11 is 5.87. The third kappa shape index (κ3) is 6.39. The molecular weight excluding hydrogens is 346 g/mol. The zero-order valence-corrected chi connectivity index (χ0v) is 14.7. The summed E-state index contributed by atoms with van der Waals surface area (Å²) in [5.41, 5.74) is 0.565. The lowest BCUT2D eigenvalue weighted by molar-refractivity contribution is -0.136. The van der Waals surface area contributed by atoms with Gasteiger partial charge < -0.3 is 20.3 Å². The van der Waals surface area contributed by atoms with E-state index in [4.69, 9.17) is 11.6 Å². The molecule has 8 heteroatoms. The number of anilines is 1. The van der Waals surface area contributed by atoms with Crippen LogP contribution in [-0.2, 0) is 19.2 Å². The van der Waals surface area contributed by atoms with E-state index in [1.165, 1.54) is 19.0 Å². The molecule has 7 nitrogen and oxygen atoms in total. The van der Waals surface area contributed by atoms with E-state index >= 15 is 0 Å². The Balaban J connectivity index is 2.92. The largest absolute Gasteiger partial charge is 0.357 e. The summed E-state index contributed by atoms with van der Waals surface area (Å²) < 4.78 is 0. The number of hydrogen-bond acceptors (Lipinski definition) is 5. The Morgan fingerprint density at radius 3 is 2.60 bits per heavy atom. The van der Waals surface area contributed by atoms with Crippen LogP contribution in [0.15, 0.2) is 36.0 Å². The highest BCUT2D eigenvalue weighted by Gasteiger charge is 2.25. The van der Waals surface area contributed by atoms with Gasteiger partial charge in [0, 0.05) is 37.3 Å². The Bertz CT molecular complexity index is 676. The lowest BCUT2D eigenvalue weighted by Crippen LogP contribution is -2.46. The van der Waals surface area contributed by atoms with Crippen molar-refractivity contribution in [1.82, 2.24) is 10.2 Å². The maximum absolute atomic E-state index is 12.4. The molecule has 0 aliphatic rings. The Kier molecular flexibility index (Phi) is 8.35. The van der Waals surface area contributed by atoms with E-state index in [1.54, 1.807) is 24.3 Å². The first-order valence-corrected chi connectivity index (χ1v) is 7.92. The van der Waals surface area contributed by atoms with Crippen LogP contribution < -0.4 is 10.6 Å². The van der Waals surface area contributed by atoms with Crippen LogP contribution in [0.25, 0.3) is 0 Å². The van der Waals surface area contributed by atoms with Gasteiger partial charge in [-0.2, -0.15) is 0 Å². The predicted octanol–water partition coefficient (Wildman–Crippen LogP) is 1.39. The Labute approximate surface area is 151 Å². The minimum absolute atomic E-state index is 0.0187. The molecule has 0 heterocycles. The van der Waals surface area contributed by atoms with Crippen molar-refractivity contribution in [1.29, 1.82) is 0 Å². The van der Waals surface area contributed by atoms with Gasteiger partial charge in [0.15, 0.2) is 6.29 Å². The van der Waals surface area contributed by atoms with Crippen molar-refractivity contribution in [2.75, 3.05) is 19.4 Å². The fourth-order valence-corrected chi connectivity index (χ4v) is 2.30. The molecule has 0 bridgehead atoms. The van der Waals surface area contributed by atoms with E-state index < -0.39 is 11.9 Å². The van der Waals surface area contributed by atoms with Gasteiger partial charge >= 0.3 is 0 Å². The van der Waals surface area contributed by atoms with Gasteiger partial charge in [-0.25, -0.2) is 0 Å². The van der Waals surface area contributed by atoms with Crippen molar-refractivity contribution < 1.29 is 19.2 Å². The monoisotopic (exact) mass is 365 g/mol. The van der Waals surface area contributed by atoms with Crippen LogP contribution in [0.5, 0.6) is 0 Å². The van der Waals surface area contributed by atoms with Crippen molar-refractivity contribution in [2.45, 2.75) is 18.9 Å². The molecule has 1 unspecified atom stereocenters. The second-order valence-corrected chi connectivity index (χ2v) is 5.61. The number of nitrogens with one attached hydrogen (secondary N) is 2. The normalized spacial score (nSPS) is 12.0. The molecule has 25 heavy (non-hydrogen) atoms. The number of rotatable bonds is 9. The van der Waals surface area contributed by atoms with Crippen LogP contribution >= 0.6 is 11.6 Å².